The number of primary amides is 1. The van der Waals surface area contributed by atoms with Gasteiger partial charge in [-0.05, 0) is 82.5 Å². The van der Waals surface area contributed by atoms with Crippen LogP contribution in [-0.2, 0) is 57.6 Å². The Bertz CT molecular complexity index is 1850. The maximum Gasteiger partial charge on any atom is 0.408 e. The first-order valence-corrected chi connectivity index (χ1v) is 18.0. The van der Waals surface area contributed by atoms with Crippen LogP contribution in [0.2, 0.25) is 0 Å². The van der Waals surface area contributed by atoms with Crippen LogP contribution in [0.5, 0.6) is 17.2 Å². The number of benzene rings is 3. The van der Waals surface area contributed by atoms with Crippen molar-refractivity contribution in [2.24, 2.45) is 5.73 Å². The highest BCUT2D eigenvalue weighted by atomic mass is 16.6. The summed E-state index contributed by atoms with van der Waals surface area (Å²) in [5, 5.41) is 7.46. The average Bonchev–Trinajstić information content (AvgIpc) is 3.12. The van der Waals surface area contributed by atoms with Crippen LogP contribution in [-0.4, -0.2) is 79.5 Å². The Labute approximate surface area is 332 Å². The highest BCUT2D eigenvalue weighted by molar-refractivity contribution is 5.93. The molecule has 0 heterocycles. The minimum atomic E-state index is -1.42. The number of nitrogens with one attached hydrogen (secondary N) is 3. The summed E-state index contributed by atoms with van der Waals surface area (Å²) in [5.41, 5.74) is 5.59. The fourth-order valence-electron chi connectivity index (χ4n) is 5.16. The van der Waals surface area contributed by atoms with Gasteiger partial charge in [0.05, 0.1) is 20.6 Å². The van der Waals surface area contributed by atoms with Crippen molar-refractivity contribution in [1.82, 2.24) is 16.0 Å². The summed E-state index contributed by atoms with van der Waals surface area (Å²) in [4.78, 5) is 75.9. The molecule has 0 aliphatic heterocycles. The van der Waals surface area contributed by atoms with Crippen molar-refractivity contribution in [3.8, 4) is 17.2 Å². The molecule has 57 heavy (non-hydrogen) atoms. The van der Waals surface area contributed by atoms with E-state index in [2.05, 4.69) is 16.0 Å². The lowest BCUT2D eigenvalue weighted by Crippen LogP contribution is -2.54. The van der Waals surface area contributed by atoms with Crippen molar-refractivity contribution in [3.05, 3.63) is 89.5 Å². The van der Waals surface area contributed by atoms with Gasteiger partial charge in [-0.1, -0.05) is 48.5 Å². The van der Waals surface area contributed by atoms with Crippen LogP contribution in [0, 0.1) is 0 Å². The van der Waals surface area contributed by atoms with E-state index < -0.39 is 71.7 Å². The van der Waals surface area contributed by atoms with Gasteiger partial charge in [0, 0.05) is 12.8 Å². The molecular weight excluding hydrogens is 740 g/mol. The van der Waals surface area contributed by atoms with Gasteiger partial charge in [-0.3, -0.25) is 9.59 Å². The van der Waals surface area contributed by atoms with Gasteiger partial charge in [-0.15, -0.1) is 0 Å². The molecule has 0 radical (unpaired) electrons. The summed E-state index contributed by atoms with van der Waals surface area (Å²) in [6, 6.07) is 17.0. The van der Waals surface area contributed by atoms with Crippen LogP contribution in [0.3, 0.4) is 0 Å². The van der Waals surface area contributed by atoms with Gasteiger partial charge >= 0.3 is 24.1 Å². The third-order valence-corrected chi connectivity index (χ3v) is 7.67. The Hall–Kier alpha value is -6.32. The number of ether oxygens (including phenoxy) is 6. The Balaban J connectivity index is 1.76. The van der Waals surface area contributed by atoms with Gasteiger partial charge < -0.3 is 50.1 Å². The monoisotopic (exact) mass is 792 g/mol. The van der Waals surface area contributed by atoms with Gasteiger partial charge in [-0.2, -0.15) is 0 Å². The zero-order chi connectivity index (χ0) is 42.3. The molecule has 0 aliphatic carbocycles. The van der Waals surface area contributed by atoms with Gasteiger partial charge in [0.2, 0.25) is 11.8 Å². The molecule has 3 atom stereocenters. The van der Waals surface area contributed by atoms with Crippen molar-refractivity contribution in [2.75, 3.05) is 14.2 Å². The topological polar surface area (TPSA) is 220 Å². The van der Waals surface area contributed by atoms with E-state index in [-0.39, 0.29) is 19.4 Å². The van der Waals surface area contributed by atoms with E-state index in [1.165, 1.54) is 7.11 Å². The normalized spacial score (nSPS) is 12.8. The molecule has 16 nitrogen and oxygen atoms in total. The van der Waals surface area contributed by atoms with Crippen molar-refractivity contribution in [2.45, 2.75) is 96.7 Å². The van der Waals surface area contributed by atoms with Gasteiger partial charge in [-0.25, -0.2) is 19.2 Å². The number of carbonyl (C=O) groups is 6. The number of rotatable bonds is 17. The highest BCUT2D eigenvalue weighted by Crippen LogP contribution is 2.33. The third kappa shape index (κ3) is 16.1. The summed E-state index contributed by atoms with van der Waals surface area (Å²) in [5.74, 6) is -2.09. The molecule has 4 amide bonds. The first-order chi connectivity index (χ1) is 26.7. The van der Waals surface area contributed by atoms with E-state index in [4.69, 9.17) is 34.2 Å². The van der Waals surface area contributed by atoms with E-state index in [0.29, 0.717) is 28.4 Å². The van der Waals surface area contributed by atoms with Crippen LogP contribution in [0.25, 0.3) is 0 Å². The summed E-state index contributed by atoms with van der Waals surface area (Å²) < 4.78 is 32.7. The van der Waals surface area contributed by atoms with E-state index in [0.717, 1.165) is 12.7 Å². The smallest absolute Gasteiger partial charge is 0.408 e. The Kier molecular flexibility index (Phi) is 16.3. The van der Waals surface area contributed by atoms with Crippen molar-refractivity contribution < 1.29 is 57.2 Å². The standard InChI is InChI=1S/C41H52N4O12/c1-40(2,3)56-37(49)31(45-38(50)54-24-26-12-10-9-11-13-26)21-27-16-19-32(52-7)33(22-27)55-28-17-14-25(15-18-28)20-30(36(48)53-8)43-35(47)29(23-34(42)46)44-39(51)57-41(4,5)6/h9-19,22,29-31H,20-21,23-24H2,1-8H3,(H2,42,46)(H,43,47)(H,44,51)(H,45,50)/t29-,30+,31+/m1/s1. The molecular formula is C41H52N4O12. The molecule has 0 saturated heterocycles. The molecule has 3 rings (SSSR count). The Morgan fingerprint density at radius 2 is 1.21 bits per heavy atom. The van der Waals surface area contributed by atoms with E-state index in [9.17, 15) is 28.8 Å². The zero-order valence-corrected chi connectivity index (χ0v) is 33.5. The Morgan fingerprint density at radius 1 is 0.632 bits per heavy atom. The molecule has 5 N–H and O–H groups in total. The Morgan fingerprint density at radius 3 is 1.79 bits per heavy atom. The van der Waals surface area contributed by atoms with Crippen LogP contribution < -0.4 is 31.2 Å². The van der Waals surface area contributed by atoms with Gasteiger partial charge in [0.15, 0.2) is 11.5 Å². The second-order valence-corrected chi connectivity index (χ2v) is 14.9. The van der Waals surface area contributed by atoms with Crippen molar-refractivity contribution in [3.63, 3.8) is 0 Å². The number of alkyl carbamates (subject to hydrolysis) is 2. The number of esters is 2. The summed E-state index contributed by atoms with van der Waals surface area (Å²) in [6.45, 7) is 10.1. The lowest BCUT2D eigenvalue weighted by Gasteiger charge is -2.24. The molecule has 0 unspecified atom stereocenters. The van der Waals surface area contributed by atoms with Crippen molar-refractivity contribution in [1.29, 1.82) is 0 Å². The summed E-state index contributed by atoms with van der Waals surface area (Å²) in [7, 11) is 2.63. The number of methoxy groups -OCH3 is 2. The fourth-order valence-corrected chi connectivity index (χ4v) is 5.16. The van der Waals surface area contributed by atoms with E-state index in [1.807, 2.05) is 30.3 Å². The number of carbonyl (C=O) groups excluding carboxylic acids is 6. The number of hydrogen-bond donors (Lipinski definition) is 4. The molecule has 3 aromatic rings. The first kappa shape index (κ1) is 45.1. The second-order valence-electron chi connectivity index (χ2n) is 14.9. The SMILES string of the molecule is COC(=O)[C@H](Cc1ccc(Oc2cc(C[C@H](NC(=O)OCc3ccccc3)C(=O)OC(C)(C)C)ccc2OC)cc1)NC(=O)[C@@H](CC(N)=O)NC(=O)OC(C)(C)C. The minimum absolute atomic E-state index is 0.00968. The van der Waals surface area contributed by atoms with Crippen molar-refractivity contribution >= 4 is 35.9 Å². The maximum atomic E-state index is 13.2. The molecule has 0 fully saturated rings. The average molecular weight is 793 g/mol. The lowest BCUT2D eigenvalue weighted by molar-refractivity contribution is -0.157. The minimum Gasteiger partial charge on any atom is -0.493 e. The van der Waals surface area contributed by atoms with E-state index >= 15 is 0 Å². The lowest BCUT2D eigenvalue weighted by atomic mass is 10.0. The predicted octanol–water partition coefficient (Wildman–Crippen LogP) is 4.64. The van der Waals surface area contributed by atoms with Crippen LogP contribution in [0.1, 0.15) is 64.7 Å². The van der Waals surface area contributed by atoms with Crippen LogP contribution >= 0.6 is 0 Å². The quantitative estimate of drug-likeness (QED) is 0.109. The molecule has 0 saturated carbocycles. The predicted molar refractivity (Wildman–Crippen MR) is 207 cm³/mol. The molecule has 0 spiro atoms. The third-order valence-electron chi connectivity index (χ3n) is 7.67. The molecule has 0 aliphatic rings. The van der Waals surface area contributed by atoms with Gasteiger partial charge in [0.1, 0.15) is 41.7 Å². The van der Waals surface area contributed by atoms with Crippen LogP contribution in [0.15, 0.2) is 72.8 Å². The second kappa shape index (κ2) is 20.6. The highest BCUT2D eigenvalue weighted by Gasteiger charge is 2.31. The molecule has 308 valence electrons. The van der Waals surface area contributed by atoms with Crippen LogP contribution in [0.4, 0.5) is 9.59 Å². The maximum absolute atomic E-state index is 13.2. The zero-order valence-electron chi connectivity index (χ0n) is 33.5. The number of nitrogens with two attached hydrogens (primary N) is 1. The number of hydrogen-bond acceptors (Lipinski definition) is 12. The number of amides is 4. The molecule has 3 aromatic carbocycles. The molecule has 0 aromatic heterocycles. The fraction of sp³-hybridized carbons (Fsp3) is 0.415. The first-order valence-electron chi connectivity index (χ1n) is 18.0. The van der Waals surface area contributed by atoms with Gasteiger partial charge in [0.25, 0.3) is 0 Å². The molecule has 0 bridgehead atoms. The summed E-state index contributed by atoms with van der Waals surface area (Å²) >= 11 is 0. The van der Waals surface area contributed by atoms with E-state index in [1.54, 1.807) is 84.0 Å². The largest absolute Gasteiger partial charge is 0.493 e. The molecule has 16 heteroatoms. The summed E-state index contributed by atoms with van der Waals surface area (Å²) in [6.07, 6.45) is -2.29.